The van der Waals surface area contributed by atoms with Gasteiger partial charge in [-0.15, -0.1) is 0 Å². The topological polar surface area (TPSA) is 195 Å². The Morgan fingerprint density at radius 1 is 0.800 bits per heavy atom. The smallest absolute Gasteiger partial charge is 0.337 e. The Balaban J connectivity index is 1.90. The van der Waals surface area contributed by atoms with Gasteiger partial charge in [-0.2, -0.15) is 0 Å². The van der Waals surface area contributed by atoms with Gasteiger partial charge in [0.1, 0.15) is 18.5 Å². The van der Waals surface area contributed by atoms with Crippen molar-refractivity contribution < 1.29 is 76.1 Å². The van der Waals surface area contributed by atoms with Gasteiger partial charge in [-0.3, -0.25) is 24.0 Å². The number of methoxy groups -OCH3 is 2. The number of benzene rings is 1. The molecule has 1 fully saturated rings. The predicted octanol–water partition coefficient (Wildman–Crippen LogP) is 2.25. The summed E-state index contributed by atoms with van der Waals surface area (Å²) < 4.78 is 54.9. The van der Waals surface area contributed by atoms with E-state index in [1.165, 1.54) is 7.11 Å². The van der Waals surface area contributed by atoms with Gasteiger partial charge in [-0.05, 0) is 24.6 Å². The summed E-state index contributed by atoms with van der Waals surface area (Å²) in [5, 5.41) is 0. The Bertz CT molecular complexity index is 1450. The largest absolute Gasteiger partial charge is 0.497 e. The minimum absolute atomic E-state index is 0.00546. The van der Waals surface area contributed by atoms with E-state index in [1.54, 1.807) is 32.2 Å². The number of carbonyl (C=O) groups excluding carboxylic acids is 6. The molecule has 3 rings (SSSR count). The lowest BCUT2D eigenvalue weighted by Crippen LogP contribution is -2.63. The molecule has 16 heteroatoms. The highest BCUT2D eigenvalue weighted by Gasteiger charge is 2.54. The molecule has 0 unspecified atom stereocenters. The first-order chi connectivity index (χ1) is 23.8. The zero-order valence-corrected chi connectivity index (χ0v) is 28.9. The van der Waals surface area contributed by atoms with Crippen LogP contribution < -0.4 is 4.74 Å². The van der Waals surface area contributed by atoms with Crippen LogP contribution in [0.2, 0.25) is 0 Å². The molecule has 7 atom stereocenters. The maximum Gasteiger partial charge on any atom is 0.337 e. The summed E-state index contributed by atoms with van der Waals surface area (Å²) in [4.78, 5) is 74.0. The summed E-state index contributed by atoms with van der Waals surface area (Å²) in [5.74, 6) is -4.81. The van der Waals surface area contributed by atoms with Crippen LogP contribution in [0.15, 0.2) is 47.7 Å². The highest BCUT2D eigenvalue weighted by atomic mass is 16.8. The molecule has 0 amide bonds. The lowest BCUT2D eigenvalue weighted by atomic mass is 9.86. The number of hydrogen-bond donors (Lipinski definition) is 0. The second-order valence-electron chi connectivity index (χ2n) is 11.1. The van der Waals surface area contributed by atoms with E-state index < -0.39 is 85.3 Å². The Hall–Kier alpha value is -4.96. The van der Waals surface area contributed by atoms with Crippen molar-refractivity contribution in [1.82, 2.24) is 0 Å². The summed E-state index contributed by atoms with van der Waals surface area (Å²) in [6.07, 6.45) is -5.94. The van der Waals surface area contributed by atoms with Crippen LogP contribution in [0.3, 0.4) is 0 Å². The van der Waals surface area contributed by atoms with E-state index in [9.17, 15) is 28.8 Å². The van der Waals surface area contributed by atoms with Crippen LogP contribution in [0.25, 0.3) is 0 Å². The van der Waals surface area contributed by atoms with Gasteiger partial charge in [0, 0.05) is 45.6 Å². The van der Waals surface area contributed by atoms with Crippen LogP contribution in [-0.2, 0) is 77.8 Å². The van der Waals surface area contributed by atoms with Crippen LogP contribution in [0.5, 0.6) is 5.75 Å². The quantitative estimate of drug-likeness (QED) is 0.155. The lowest BCUT2D eigenvalue weighted by Gasteiger charge is -2.45. The second-order valence-corrected chi connectivity index (χ2v) is 11.1. The van der Waals surface area contributed by atoms with Crippen molar-refractivity contribution in [2.75, 3.05) is 27.4 Å². The minimum Gasteiger partial charge on any atom is -0.497 e. The molecule has 0 aliphatic carbocycles. The molecule has 2 aliphatic rings. The molecule has 50 heavy (non-hydrogen) atoms. The number of esters is 6. The normalized spacial score (nSPS) is 25.2. The van der Waals surface area contributed by atoms with Crippen LogP contribution in [0.1, 0.15) is 46.6 Å². The molecule has 2 heterocycles. The van der Waals surface area contributed by atoms with Gasteiger partial charge in [-0.25, -0.2) is 4.79 Å². The van der Waals surface area contributed by atoms with Crippen LogP contribution >= 0.6 is 0 Å². The van der Waals surface area contributed by atoms with Crippen molar-refractivity contribution in [3.63, 3.8) is 0 Å². The van der Waals surface area contributed by atoms with Crippen LogP contribution in [0, 0.1) is 5.92 Å². The summed E-state index contributed by atoms with van der Waals surface area (Å²) in [7, 11) is 2.73. The lowest BCUT2D eigenvalue weighted by molar-refractivity contribution is -0.331. The highest BCUT2D eigenvalue weighted by Crippen LogP contribution is 2.37. The van der Waals surface area contributed by atoms with Gasteiger partial charge in [0.15, 0.2) is 18.3 Å². The fourth-order valence-corrected chi connectivity index (χ4v) is 5.34. The molecule has 1 aromatic carbocycles. The Kier molecular flexibility index (Phi) is 14.8. The van der Waals surface area contributed by atoms with Gasteiger partial charge >= 0.3 is 35.8 Å². The van der Waals surface area contributed by atoms with E-state index >= 15 is 0 Å². The molecular weight excluding hydrogens is 664 g/mol. The molecule has 0 aromatic heterocycles. The molecule has 0 saturated carbocycles. The highest BCUT2D eigenvalue weighted by molar-refractivity contribution is 5.90. The molecule has 0 spiro atoms. The van der Waals surface area contributed by atoms with Gasteiger partial charge in [0.05, 0.1) is 39.1 Å². The molecule has 0 N–H and O–H groups in total. The number of rotatable bonds is 14. The summed E-state index contributed by atoms with van der Waals surface area (Å²) >= 11 is 0. The van der Waals surface area contributed by atoms with Crippen molar-refractivity contribution >= 4 is 35.8 Å². The third kappa shape index (κ3) is 11.0. The number of carbonyl (C=O) groups is 6. The summed E-state index contributed by atoms with van der Waals surface area (Å²) in [5.41, 5.74) is 1.18. The molecular formula is C34H42O16. The Labute approximate surface area is 288 Å². The van der Waals surface area contributed by atoms with Gasteiger partial charge in [-0.1, -0.05) is 18.2 Å². The predicted molar refractivity (Wildman–Crippen MR) is 168 cm³/mol. The first kappa shape index (κ1) is 39.5. The third-order valence-electron chi connectivity index (χ3n) is 7.51. The first-order valence-corrected chi connectivity index (χ1v) is 15.6. The fraction of sp³-hybridized carbons (Fsp3) is 0.529. The van der Waals surface area contributed by atoms with E-state index in [4.69, 9.17) is 47.4 Å². The number of allylic oxidation sites excluding steroid dienone is 1. The standard InChI is InChI=1S/C34H42O16/c1-8-24-25(15-28(39)43-14-13-22-9-11-23(41-6)12-10-22)26(32(40)42-7)16-45-33(24)50-34-31(48-21(5)38)30(47-20(4)37)29(46-19(3)36)27(49-34)17-44-18(2)35/h8-12,16,25,27,29-31,33-34H,13-15,17H2,1-7H3/b24-8+/t25-,27+,29+,30-,31+,33-,34-/m0/s1. The van der Waals surface area contributed by atoms with E-state index in [0.717, 1.165) is 39.5 Å². The van der Waals surface area contributed by atoms with E-state index in [2.05, 4.69) is 0 Å². The maximum absolute atomic E-state index is 13.1. The van der Waals surface area contributed by atoms with E-state index in [1.807, 2.05) is 12.1 Å². The Morgan fingerprint density at radius 2 is 1.42 bits per heavy atom. The molecule has 16 nitrogen and oxygen atoms in total. The van der Waals surface area contributed by atoms with Gasteiger partial charge in [0.2, 0.25) is 12.6 Å². The molecule has 1 aromatic rings. The zero-order valence-electron chi connectivity index (χ0n) is 28.9. The number of hydrogen-bond acceptors (Lipinski definition) is 16. The molecule has 274 valence electrons. The first-order valence-electron chi connectivity index (χ1n) is 15.6. The van der Waals surface area contributed by atoms with Gasteiger partial charge in [0.25, 0.3) is 0 Å². The van der Waals surface area contributed by atoms with Crippen molar-refractivity contribution in [1.29, 1.82) is 0 Å². The third-order valence-corrected chi connectivity index (χ3v) is 7.51. The fourth-order valence-electron chi connectivity index (χ4n) is 5.34. The second kappa shape index (κ2) is 18.7. The Morgan fingerprint density at radius 3 is 1.98 bits per heavy atom. The van der Waals surface area contributed by atoms with E-state index in [-0.39, 0.29) is 24.2 Å². The molecule has 0 bridgehead atoms. The van der Waals surface area contributed by atoms with E-state index in [0.29, 0.717) is 12.2 Å². The SMILES string of the molecule is C/C=C1/[C@H](O[C@@H]2O[C@H](COC(C)=O)[C@@H](OC(C)=O)[C@H](OC(C)=O)[C@H]2OC(C)=O)OC=C(C(=O)OC)[C@H]1CC(=O)OCCc1ccc(OC)cc1. The summed E-state index contributed by atoms with van der Waals surface area (Å²) in [6.45, 7) is 5.62. The zero-order chi connectivity index (χ0) is 37.0. The average Bonchev–Trinajstić information content (AvgIpc) is 3.06. The van der Waals surface area contributed by atoms with Crippen LogP contribution in [-0.4, -0.2) is 100 Å². The minimum atomic E-state index is -1.60. The van der Waals surface area contributed by atoms with Gasteiger partial charge < -0.3 is 47.4 Å². The van der Waals surface area contributed by atoms with Crippen molar-refractivity contribution in [2.24, 2.45) is 5.92 Å². The van der Waals surface area contributed by atoms with Crippen LogP contribution in [0.4, 0.5) is 0 Å². The van der Waals surface area contributed by atoms with Crippen molar-refractivity contribution in [2.45, 2.75) is 84.5 Å². The van der Waals surface area contributed by atoms with Crippen molar-refractivity contribution in [3.8, 4) is 5.75 Å². The average molecular weight is 707 g/mol. The monoisotopic (exact) mass is 706 g/mol. The molecule has 2 aliphatic heterocycles. The maximum atomic E-state index is 13.1. The summed E-state index contributed by atoms with van der Waals surface area (Å²) in [6, 6.07) is 7.26. The molecule has 1 saturated heterocycles. The number of ether oxygens (including phenoxy) is 10. The molecule has 0 radical (unpaired) electrons. The van der Waals surface area contributed by atoms with Crippen molar-refractivity contribution in [3.05, 3.63) is 53.3 Å².